The van der Waals surface area contributed by atoms with Crippen LogP contribution in [0.5, 0.6) is 0 Å². The zero-order valence-electron chi connectivity index (χ0n) is 22.4. The maximum absolute atomic E-state index is 11.5. The lowest BCUT2D eigenvalue weighted by Crippen LogP contribution is -2.58. The molecule has 0 heterocycles. The molecule has 0 radical (unpaired) electrons. The lowest BCUT2D eigenvalue weighted by atomic mass is 9.43. The van der Waals surface area contributed by atoms with Crippen molar-refractivity contribution in [3.8, 4) is 0 Å². The third-order valence-electron chi connectivity index (χ3n) is 11.2. The van der Waals surface area contributed by atoms with Crippen LogP contribution in [0.25, 0.3) is 0 Å². The molecule has 0 saturated heterocycles. The van der Waals surface area contributed by atoms with Crippen LogP contribution in [0.1, 0.15) is 97.8 Å². The van der Waals surface area contributed by atoms with Gasteiger partial charge in [0.15, 0.2) is 0 Å². The number of aliphatic hydroxyl groups excluding tert-OH is 1. The van der Waals surface area contributed by atoms with Gasteiger partial charge in [0.05, 0.1) is 18.8 Å². The maximum Gasteiger partial charge on any atom is 0.397 e. The minimum atomic E-state index is -4.47. The molecule has 4 aliphatic rings. The molecular formula is C26H46O9S2. The highest BCUT2D eigenvalue weighted by Gasteiger charge is 2.63. The zero-order chi connectivity index (χ0) is 27.2. The molecule has 0 bridgehead atoms. The topological polar surface area (TPSA) is 147 Å². The van der Waals surface area contributed by atoms with Crippen molar-refractivity contribution in [2.45, 2.75) is 110 Å². The summed E-state index contributed by atoms with van der Waals surface area (Å²) in [4.78, 5) is 0. The van der Waals surface area contributed by atoms with Crippen molar-refractivity contribution >= 4 is 20.8 Å². The Bertz CT molecular complexity index is 1020. The first kappa shape index (κ1) is 29.7. The van der Waals surface area contributed by atoms with E-state index in [1.807, 2.05) is 0 Å². The molecule has 4 aliphatic carbocycles. The summed E-state index contributed by atoms with van der Waals surface area (Å²) in [5.41, 5.74) is 0.252. The lowest BCUT2D eigenvalue weighted by molar-refractivity contribution is -0.172. The van der Waals surface area contributed by atoms with Gasteiger partial charge in [0.1, 0.15) is 0 Å². The number of unbranched alkanes of at least 4 members (excludes halogenated alkanes) is 2. The predicted octanol–water partition coefficient (Wildman–Crippen LogP) is 4.82. The van der Waals surface area contributed by atoms with Gasteiger partial charge in [0, 0.05) is 0 Å². The fourth-order valence-electron chi connectivity index (χ4n) is 9.53. The highest BCUT2D eigenvalue weighted by molar-refractivity contribution is 7.81. The molecule has 3 N–H and O–H groups in total. The Morgan fingerprint density at radius 1 is 0.865 bits per heavy atom. The van der Waals surface area contributed by atoms with E-state index in [0.29, 0.717) is 49.4 Å². The summed E-state index contributed by atoms with van der Waals surface area (Å²) < 4.78 is 71.1. The fraction of sp³-hybridized carbons (Fsp3) is 1.00. The average molecular weight is 567 g/mol. The van der Waals surface area contributed by atoms with Crippen LogP contribution in [0.2, 0.25) is 0 Å². The lowest BCUT2D eigenvalue weighted by Gasteiger charge is -2.62. The van der Waals surface area contributed by atoms with E-state index in [9.17, 15) is 21.9 Å². The first-order valence-electron chi connectivity index (χ1n) is 14.1. The van der Waals surface area contributed by atoms with Crippen molar-refractivity contribution in [2.24, 2.45) is 46.3 Å². The van der Waals surface area contributed by atoms with Gasteiger partial charge < -0.3 is 5.11 Å². The number of rotatable bonds is 10. The third-order valence-corrected chi connectivity index (χ3v) is 12.2. The monoisotopic (exact) mass is 566 g/mol. The van der Waals surface area contributed by atoms with Gasteiger partial charge in [-0.25, -0.2) is 8.37 Å². The number of aliphatic hydroxyl groups is 1. The third kappa shape index (κ3) is 6.38. The Labute approximate surface area is 223 Å². The summed E-state index contributed by atoms with van der Waals surface area (Å²) in [6, 6.07) is 0. The second-order valence-corrected chi connectivity index (χ2v) is 15.2. The minimum absolute atomic E-state index is 0.0137. The molecular weight excluding hydrogens is 520 g/mol. The van der Waals surface area contributed by atoms with E-state index in [-0.39, 0.29) is 29.3 Å². The van der Waals surface area contributed by atoms with Crippen LogP contribution in [0.3, 0.4) is 0 Å². The molecule has 11 heteroatoms. The van der Waals surface area contributed by atoms with Crippen LogP contribution < -0.4 is 0 Å². The fourth-order valence-corrected chi connectivity index (χ4v) is 10.4. The summed E-state index contributed by atoms with van der Waals surface area (Å²) >= 11 is 0. The van der Waals surface area contributed by atoms with E-state index in [1.54, 1.807) is 0 Å². The largest absolute Gasteiger partial charge is 0.397 e. The standard InChI is InChI=1S/C26H46O9S2/c1-17(7-5-4-6-14-34-36(28,29)30)20-8-9-21-24-22(11-13-26(20,21)3)25(2)12-10-19(35-37(31,32)33)15-18(25)16-23(24)27/h17-24,27H,4-16H2,1-3H3,(H,28,29,30)(H,31,32,33)/t17-,18+,19-,20-,21+,22+,23+,24+,25+,26-/m1/s1. The van der Waals surface area contributed by atoms with Crippen molar-refractivity contribution in [1.82, 2.24) is 0 Å². The highest BCUT2D eigenvalue weighted by Crippen LogP contribution is 2.68. The molecule has 0 spiro atoms. The van der Waals surface area contributed by atoms with Gasteiger partial charge in [0.25, 0.3) is 0 Å². The van der Waals surface area contributed by atoms with Crippen LogP contribution in [0, 0.1) is 46.3 Å². The summed E-state index contributed by atoms with van der Waals surface area (Å²) in [7, 11) is -8.83. The Morgan fingerprint density at radius 3 is 2.22 bits per heavy atom. The summed E-state index contributed by atoms with van der Waals surface area (Å²) in [6.07, 6.45) is 9.87. The molecule has 4 rings (SSSR count). The van der Waals surface area contributed by atoms with Crippen molar-refractivity contribution in [3.05, 3.63) is 0 Å². The Kier molecular flexibility index (Phi) is 8.77. The van der Waals surface area contributed by atoms with Crippen molar-refractivity contribution in [2.75, 3.05) is 6.61 Å². The number of hydrogen-bond donors (Lipinski definition) is 3. The van der Waals surface area contributed by atoms with Gasteiger partial charge in [-0.3, -0.25) is 9.11 Å². The Morgan fingerprint density at radius 2 is 1.54 bits per heavy atom. The van der Waals surface area contributed by atoms with Gasteiger partial charge in [-0.15, -0.1) is 0 Å². The molecule has 4 saturated carbocycles. The van der Waals surface area contributed by atoms with Gasteiger partial charge in [0.2, 0.25) is 0 Å². The van der Waals surface area contributed by atoms with Crippen LogP contribution >= 0.6 is 0 Å². The van der Waals surface area contributed by atoms with Gasteiger partial charge >= 0.3 is 20.8 Å². The number of hydrogen-bond acceptors (Lipinski definition) is 7. The Balaban J connectivity index is 1.37. The normalized spacial score (nSPS) is 43.0. The summed E-state index contributed by atoms with van der Waals surface area (Å²) in [5.74, 6) is 2.52. The first-order chi connectivity index (χ1) is 17.1. The van der Waals surface area contributed by atoms with Crippen molar-refractivity contribution < 1.29 is 39.4 Å². The first-order valence-corrected chi connectivity index (χ1v) is 16.8. The van der Waals surface area contributed by atoms with Crippen LogP contribution in [0.4, 0.5) is 0 Å². The second kappa shape index (κ2) is 10.9. The van der Waals surface area contributed by atoms with E-state index in [4.69, 9.17) is 13.3 Å². The van der Waals surface area contributed by atoms with E-state index < -0.39 is 33.0 Å². The molecule has 0 aromatic rings. The molecule has 10 atom stereocenters. The molecule has 0 aromatic heterocycles. The summed E-state index contributed by atoms with van der Waals surface area (Å²) in [6.45, 7) is 7.14. The summed E-state index contributed by atoms with van der Waals surface area (Å²) in [5, 5.41) is 11.5. The van der Waals surface area contributed by atoms with Crippen LogP contribution in [-0.2, 0) is 29.2 Å². The van der Waals surface area contributed by atoms with E-state index in [2.05, 4.69) is 25.0 Å². The second-order valence-electron chi connectivity index (χ2n) is 13.0. The molecule has 216 valence electrons. The quantitative estimate of drug-likeness (QED) is 0.250. The molecule has 0 aromatic carbocycles. The van der Waals surface area contributed by atoms with Gasteiger partial charge in [-0.2, -0.15) is 16.8 Å². The molecule has 4 fully saturated rings. The van der Waals surface area contributed by atoms with E-state index in [0.717, 1.165) is 44.9 Å². The smallest absolute Gasteiger partial charge is 0.393 e. The Hall–Kier alpha value is -0.300. The SMILES string of the molecule is C[C@H](CCCCCOS(=O)(=O)O)[C@H]1CC[C@H]2[C@@H]3[C@@H](O)C[C@@H]4C[C@H](OS(=O)(=O)O)CC[C@]4(C)[C@H]3CC[C@]12C. The number of fused-ring (bicyclic) bond motifs is 5. The molecule has 0 amide bonds. The zero-order valence-corrected chi connectivity index (χ0v) is 24.1. The minimum Gasteiger partial charge on any atom is -0.393 e. The molecule has 0 aliphatic heterocycles. The van der Waals surface area contributed by atoms with Gasteiger partial charge in [-0.05, 0) is 104 Å². The van der Waals surface area contributed by atoms with Gasteiger partial charge in [-0.1, -0.05) is 40.0 Å². The highest BCUT2D eigenvalue weighted by atomic mass is 32.3. The van der Waals surface area contributed by atoms with E-state index in [1.165, 1.54) is 6.42 Å². The van der Waals surface area contributed by atoms with Crippen LogP contribution in [0.15, 0.2) is 0 Å². The molecule has 0 unspecified atom stereocenters. The van der Waals surface area contributed by atoms with E-state index >= 15 is 0 Å². The van der Waals surface area contributed by atoms with Crippen molar-refractivity contribution in [3.63, 3.8) is 0 Å². The van der Waals surface area contributed by atoms with Crippen LogP contribution in [-0.4, -0.2) is 49.9 Å². The predicted molar refractivity (Wildman–Crippen MR) is 138 cm³/mol. The average Bonchev–Trinajstić information content (AvgIpc) is 3.12. The van der Waals surface area contributed by atoms with Crippen molar-refractivity contribution in [1.29, 1.82) is 0 Å². The molecule has 9 nitrogen and oxygen atoms in total. The maximum atomic E-state index is 11.5. The molecule has 37 heavy (non-hydrogen) atoms.